The van der Waals surface area contributed by atoms with Gasteiger partial charge < -0.3 is 15.6 Å². The maximum atomic E-state index is 13.2. The van der Waals surface area contributed by atoms with Crippen LogP contribution in [0.3, 0.4) is 0 Å². The van der Waals surface area contributed by atoms with Gasteiger partial charge in [0.2, 0.25) is 11.7 Å². The van der Waals surface area contributed by atoms with Crippen LogP contribution < -0.4 is 5.73 Å². The number of allylic oxidation sites excluding steroid dienone is 2. The van der Waals surface area contributed by atoms with Crippen molar-refractivity contribution >= 4 is 17.5 Å². The third-order valence-electron chi connectivity index (χ3n) is 6.30. The number of nitrogens with two attached hydrogens (primary N) is 1. The number of piperidine rings is 1. The minimum absolute atomic E-state index is 0.0819. The first kappa shape index (κ1) is 17.2. The van der Waals surface area contributed by atoms with E-state index in [0.29, 0.717) is 31.1 Å². The maximum absolute atomic E-state index is 13.2. The highest BCUT2D eigenvalue weighted by molar-refractivity contribution is 6.09. The fraction of sp³-hybridized carbons (Fsp3) is 0.550. The van der Waals surface area contributed by atoms with E-state index in [2.05, 4.69) is 4.98 Å². The first-order chi connectivity index (χ1) is 12.4. The van der Waals surface area contributed by atoms with Gasteiger partial charge in [0, 0.05) is 29.9 Å². The Morgan fingerprint density at radius 1 is 1.42 bits per heavy atom. The number of nitrogens with zero attached hydrogens (tertiary/aromatic N) is 1. The Morgan fingerprint density at radius 3 is 2.88 bits per heavy atom. The molecular formula is C20H25N3O3. The number of ketones is 2. The van der Waals surface area contributed by atoms with Crippen molar-refractivity contribution in [2.24, 2.45) is 17.6 Å². The molecule has 1 aliphatic heterocycles. The van der Waals surface area contributed by atoms with E-state index >= 15 is 0 Å². The molecule has 4 rings (SSSR count). The van der Waals surface area contributed by atoms with E-state index in [9.17, 15) is 14.4 Å². The predicted octanol–water partition coefficient (Wildman–Crippen LogP) is 1.84. The minimum Gasteiger partial charge on any atom is -0.358 e. The van der Waals surface area contributed by atoms with Crippen LogP contribution in [-0.4, -0.2) is 40.4 Å². The first-order valence-electron chi connectivity index (χ1n) is 9.38. The fourth-order valence-electron chi connectivity index (χ4n) is 4.94. The van der Waals surface area contributed by atoms with E-state index in [4.69, 9.17) is 5.73 Å². The first-order valence-corrected chi connectivity index (χ1v) is 9.38. The predicted molar refractivity (Wildman–Crippen MR) is 96.5 cm³/mol. The van der Waals surface area contributed by atoms with Crippen LogP contribution in [0.15, 0.2) is 18.0 Å². The number of H-pyrrole nitrogens is 1. The molecule has 3 aliphatic rings. The van der Waals surface area contributed by atoms with Gasteiger partial charge >= 0.3 is 0 Å². The average molecular weight is 355 g/mol. The number of unbranched alkanes of at least 4 members (excludes halogenated alkanes) is 1. The van der Waals surface area contributed by atoms with Gasteiger partial charge in [-0.2, -0.15) is 0 Å². The molecule has 1 saturated heterocycles. The molecule has 0 aromatic carbocycles. The smallest absolute Gasteiger partial charge is 0.237 e. The molecule has 0 radical (unpaired) electrons. The van der Waals surface area contributed by atoms with Crippen LogP contribution in [0.25, 0.3) is 0 Å². The lowest BCUT2D eigenvalue weighted by Crippen LogP contribution is -2.39. The summed E-state index contributed by atoms with van der Waals surface area (Å²) in [7, 11) is 0. The molecule has 3 unspecified atom stereocenters. The third-order valence-corrected chi connectivity index (χ3v) is 6.30. The molecule has 1 spiro atoms. The molecule has 2 aliphatic carbocycles. The summed E-state index contributed by atoms with van der Waals surface area (Å²) in [5.74, 6) is -0.641. The highest BCUT2D eigenvalue weighted by Crippen LogP contribution is 2.67. The van der Waals surface area contributed by atoms with Gasteiger partial charge in [-0.15, -0.1) is 0 Å². The van der Waals surface area contributed by atoms with Crippen molar-refractivity contribution in [3.63, 3.8) is 0 Å². The van der Waals surface area contributed by atoms with Crippen molar-refractivity contribution in [3.8, 4) is 0 Å². The SMILES string of the molecule is CC(=O)C(CCCCN)C(=O)N1CC2CC23C1=CC(=O)c1[nH]cc(C)c13. The molecule has 26 heavy (non-hydrogen) atoms. The molecule has 138 valence electrons. The van der Waals surface area contributed by atoms with Crippen LogP contribution in [0.4, 0.5) is 0 Å². The lowest BCUT2D eigenvalue weighted by atomic mass is 9.83. The molecule has 6 nitrogen and oxygen atoms in total. The standard InChI is InChI=1S/C20H25N3O3/c1-11-9-22-18-15(25)7-16-20(17(11)18)8-13(20)10-23(16)19(26)14(12(2)24)5-3-4-6-21/h7,9,13-14,22H,3-6,8,10,21H2,1-2H3. The second-order valence-corrected chi connectivity index (χ2v) is 7.88. The summed E-state index contributed by atoms with van der Waals surface area (Å²) in [4.78, 5) is 42.6. The van der Waals surface area contributed by atoms with Gasteiger partial charge in [-0.25, -0.2) is 0 Å². The number of aryl methyl sites for hydroxylation is 1. The van der Waals surface area contributed by atoms with E-state index < -0.39 is 5.92 Å². The molecule has 3 N–H and O–H groups in total. The van der Waals surface area contributed by atoms with Crippen molar-refractivity contribution in [1.82, 2.24) is 9.88 Å². The van der Waals surface area contributed by atoms with Crippen molar-refractivity contribution in [1.29, 1.82) is 0 Å². The molecule has 3 atom stereocenters. The van der Waals surface area contributed by atoms with Crippen LogP contribution in [0, 0.1) is 18.8 Å². The number of hydrogen-bond acceptors (Lipinski definition) is 4. The van der Waals surface area contributed by atoms with E-state index in [1.54, 1.807) is 11.0 Å². The second kappa shape index (κ2) is 5.91. The Labute approximate surface area is 152 Å². The minimum atomic E-state index is -0.638. The van der Waals surface area contributed by atoms with Crippen LogP contribution in [-0.2, 0) is 15.0 Å². The topological polar surface area (TPSA) is 96.3 Å². The Balaban J connectivity index is 1.64. The lowest BCUT2D eigenvalue weighted by Gasteiger charge is -2.30. The summed E-state index contributed by atoms with van der Waals surface area (Å²) in [6.07, 6.45) is 6.54. The number of rotatable bonds is 6. The van der Waals surface area contributed by atoms with Gasteiger partial charge in [0.05, 0.1) is 11.6 Å². The molecule has 2 heterocycles. The summed E-state index contributed by atoms with van der Waals surface area (Å²) in [5.41, 5.74) is 8.92. The van der Waals surface area contributed by atoms with Gasteiger partial charge in [-0.05, 0) is 56.7 Å². The highest BCUT2D eigenvalue weighted by Gasteiger charge is 2.68. The number of aromatic nitrogens is 1. The Bertz CT molecular complexity index is 837. The highest BCUT2D eigenvalue weighted by atomic mass is 16.2. The summed E-state index contributed by atoms with van der Waals surface area (Å²) >= 11 is 0. The second-order valence-electron chi connectivity index (χ2n) is 7.88. The summed E-state index contributed by atoms with van der Waals surface area (Å²) < 4.78 is 0. The number of nitrogens with one attached hydrogen (secondary N) is 1. The molecule has 6 heteroatoms. The number of Topliss-reactive ketones (excluding diaryl/α,β-unsaturated/α-hetero) is 1. The molecule has 1 amide bonds. The molecule has 2 fully saturated rings. The lowest BCUT2D eigenvalue weighted by molar-refractivity contribution is -0.139. The largest absolute Gasteiger partial charge is 0.358 e. The molecule has 1 saturated carbocycles. The number of carbonyl (C=O) groups excluding carboxylic acids is 3. The Morgan fingerprint density at radius 2 is 2.19 bits per heavy atom. The van der Waals surface area contributed by atoms with E-state index in [0.717, 1.165) is 36.1 Å². The monoisotopic (exact) mass is 355 g/mol. The zero-order valence-electron chi connectivity index (χ0n) is 15.3. The van der Waals surface area contributed by atoms with Crippen LogP contribution >= 0.6 is 0 Å². The van der Waals surface area contributed by atoms with E-state index in [1.807, 2.05) is 13.1 Å². The zero-order valence-corrected chi connectivity index (χ0v) is 15.3. The van der Waals surface area contributed by atoms with Crippen molar-refractivity contribution in [3.05, 3.63) is 34.8 Å². The third kappa shape index (κ3) is 2.24. The quantitative estimate of drug-likeness (QED) is 0.601. The number of aromatic amines is 1. The Kier molecular flexibility index (Phi) is 3.91. The number of amides is 1. The van der Waals surface area contributed by atoms with Crippen molar-refractivity contribution < 1.29 is 14.4 Å². The van der Waals surface area contributed by atoms with Crippen LogP contribution in [0.2, 0.25) is 0 Å². The van der Waals surface area contributed by atoms with Crippen LogP contribution in [0.1, 0.15) is 54.2 Å². The van der Waals surface area contributed by atoms with Gasteiger partial charge in [0.1, 0.15) is 5.78 Å². The number of carbonyl (C=O) groups is 3. The molecule has 1 aromatic heterocycles. The van der Waals surface area contributed by atoms with Gasteiger partial charge in [-0.1, -0.05) is 6.42 Å². The summed E-state index contributed by atoms with van der Waals surface area (Å²) in [5, 5.41) is 0. The van der Waals surface area contributed by atoms with Crippen LogP contribution in [0.5, 0.6) is 0 Å². The summed E-state index contributed by atoms with van der Waals surface area (Å²) in [6.45, 7) is 4.64. The van der Waals surface area contributed by atoms with Crippen molar-refractivity contribution in [2.45, 2.75) is 44.9 Å². The van der Waals surface area contributed by atoms with Gasteiger partial charge in [-0.3, -0.25) is 14.4 Å². The molecule has 1 aromatic rings. The van der Waals surface area contributed by atoms with Gasteiger partial charge in [0.15, 0.2) is 0 Å². The van der Waals surface area contributed by atoms with Gasteiger partial charge in [0.25, 0.3) is 0 Å². The van der Waals surface area contributed by atoms with E-state index in [-0.39, 0.29) is 22.9 Å². The number of hydrogen-bond donors (Lipinski definition) is 2. The average Bonchev–Trinajstić information content (AvgIpc) is 2.99. The fourth-order valence-corrected chi connectivity index (χ4v) is 4.94. The maximum Gasteiger partial charge on any atom is 0.237 e. The van der Waals surface area contributed by atoms with Crippen molar-refractivity contribution in [2.75, 3.05) is 13.1 Å². The molecular weight excluding hydrogens is 330 g/mol. The normalized spacial score (nSPS) is 26.7. The number of fused-ring (bicyclic) bond motifs is 1. The zero-order chi connectivity index (χ0) is 18.6. The number of likely N-dealkylation sites (tertiary alicyclic amines) is 1. The Hall–Kier alpha value is -2.21. The van der Waals surface area contributed by atoms with E-state index in [1.165, 1.54) is 6.92 Å². The molecule has 0 bridgehead atoms. The summed E-state index contributed by atoms with van der Waals surface area (Å²) in [6, 6.07) is 0.